The smallest absolute Gasteiger partial charge is 0.159 e. The van der Waals surface area contributed by atoms with Gasteiger partial charge < -0.3 is 13.7 Å². The molecule has 2 heterocycles. The number of benzene rings is 9. The first kappa shape index (κ1) is 31.2. The third-order valence-electron chi connectivity index (χ3n) is 10.9. The zero-order valence-electron chi connectivity index (χ0n) is 29.8. The summed E-state index contributed by atoms with van der Waals surface area (Å²) in [6, 6.07) is 70.9. The molecular formula is C52H33NO2. The molecule has 0 aliphatic rings. The average molecular weight is 704 g/mol. The van der Waals surface area contributed by atoms with Crippen molar-refractivity contribution >= 4 is 71.7 Å². The van der Waals surface area contributed by atoms with Gasteiger partial charge in [0.25, 0.3) is 0 Å². The molecule has 3 heteroatoms. The maximum atomic E-state index is 6.69. The van der Waals surface area contributed by atoms with Gasteiger partial charge in [0.15, 0.2) is 5.58 Å². The molecule has 11 aromatic rings. The van der Waals surface area contributed by atoms with Gasteiger partial charge in [0.05, 0.1) is 11.4 Å². The van der Waals surface area contributed by atoms with Gasteiger partial charge in [-0.15, -0.1) is 0 Å². The summed E-state index contributed by atoms with van der Waals surface area (Å²) in [5, 5.41) is 6.91. The Morgan fingerprint density at radius 2 is 0.818 bits per heavy atom. The summed E-state index contributed by atoms with van der Waals surface area (Å²) in [6.07, 6.45) is 0. The molecule has 0 unspecified atom stereocenters. The number of furan rings is 2. The van der Waals surface area contributed by atoms with E-state index in [2.05, 4.69) is 181 Å². The van der Waals surface area contributed by atoms with Crippen molar-refractivity contribution in [1.29, 1.82) is 0 Å². The lowest BCUT2D eigenvalue weighted by atomic mass is 9.94. The minimum Gasteiger partial charge on any atom is -0.455 e. The number of fused-ring (bicyclic) bond motifs is 7. The van der Waals surface area contributed by atoms with Crippen molar-refractivity contribution < 1.29 is 8.83 Å². The van der Waals surface area contributed by atoms with Crippen molar-refractivity contribution in [3.63, 3.8) is 0 Å². The number of nitrogens with zero attached hydrogens (tertiary/aromatic N) is 1. The Morgan fingerprint density at radius 3 is 1.62 bits per heavy atom. The second kappa shape index (κ2) is 12.6. The molecule has 0 aliphatic carbocycles. The van der Waals surface area contributed by atoms with Crippen molar-refractivity contribution in [1.82, 2.24) is 0 Å². The fourth-order valence-electron chi connectivity index (χ4n) is 8.33. The van der Waals surface area contributed by atoms with Crippen LogP contribution in [-0.4, -0.2) is 0 Å². The highest BCUT2D eigenvalue weighted by Gasteiger charge is 2.22. The van der Waals surface area contributed by atoms with E-state index in [4.69, 9.17) is 8.83 Å². The molecule has 0 aliphatic heterocycles. The predicted molar refractivity (Wildman–Crippen MR) is 229 cm³/mol. The molecule has 0 spiro atoms. The van der Waals surface area contributed by atoms with Gasteiger partial charge in [0, 0.05) is 38.4 Å². The van der Waals surface area contributed by atoms with Gasteiger partial charge in [-0.05, 0) is 75.5 Å². The molecule has 0 saturated carbocycles. The van der Waals surface area contributed by atoms with E-state index in [-0.39, 0.29) is 0 Å². The largest absolute Gasteiger partial charge is 0.455 e. The lowest BCUT2D eigenvalue weighted by Crippen LogP contribution is -2.11. The first-order chi connectivity index (χ1) is 27.3. The van der Waals surface area contributed by atoms with Crippen molar-refractivity contribution in [2.24, 2.45) is 0 Å². The first-order valence-corrected chi connectivity index (χ1v) is 18.7. The molecule has 2 aromatic heterocycles. The maximum Gasteiger partial charge on any atom is 0.159 e. The zero-order valence-corrected chi connectivity index (χ0v) is 29.8. The standard InChI is InChI=1S/C52H33NO2/c1-2-17-39-34(13-1)14-10-21-40(39)36-15-9-16-37(33-36)41-18-3-6-25-47(41)53(48-26-12-24-46-44-20-5-8-28-50(44)55-52(46)48)38-31-29-35(30-32-38)42-22-11-23-45-43-19-4-7-27-49(43)54-51(42)45/h1-33H. The van der Waals surface area contributed by atoms with Gasteiger partial charge in [-0.2, -0.15) is 0 Å². The van der Waals surface area contributed by atoms with Crippen LogP contribution >= 0.6 is 0 Å². The summed E-state index contributed by atoms with van der Waals surface area (Å²) in [4.78, 5) is 2.34. The zero-order chi connectivity index (χ0) is 36.3. The Morgan fingerprint density at radius 1 is 0.309 bits per heavy atom. The van der Waals surface area contributed by atoms with Gasteiger partial charge in [-0.1, -0.05) is 158 Å². The number of anilines is 3. The van der Waals surface area contributed by atoms with Gasteiger partial charge >= 0.3 is 0 Å². The highest BCUT2D eigenvalue weighted by Crippen LogP contribution is 2.46. The molecule has 0 radical (unpaired) electrons. The van der Waals surface area contributed by atoms with Crippen molar-refractivity contribution in [2.45, 2.75) is 0 Å². The maximum absolute atomic E-state index is 6.69. The number of para-hydroxylation sites is 5. The fourth-order valence-corrected chi connectivity index (χ4v) is 8.33. The molecular weight excluding hydrogens is 671 g/mol. The van der Waals surface area contributed by atoms with Gasteiger partial charge in [-0.3, -0.25) is 0 Å². The lowest BCUT2D eigenvalue weighted by molar-refractivity contribution is 0.669. The first-order valence-electron chi connectivity index (χ1n) is 18.7. The molecule has 0 fully saturated rings. The molecule has 0 N–H and O–H groups in total. The van der Waals surface area contributed by atoms with Crippen LogP contribution in [0.25, 0.3) is 88.0 Å². The minimum absolute atomic E-state index is 0.846. The molecule has 0 amide bonds. The summed E-state index contributed by atoms with van der Waals surface area (Å²) >= 11 is 0. The Bertz CT molecular complexity index is 3220. The van der Waals surface area contributed by atoms with E-state index in [0.29, 0.717) is 0 Å². The van der Waals surface area contributed by atoms with E-state index in [1.165, 1.54) is 21.9 Å². The average Bonchev–Trinajstić information content (AvgIpc) is 3.83. The molecule has 11 rings (SSSR count). The Balaban J connectivity index is 1.10. The summed E-state index contributed by atoms with van der Waals surface area (Å²) < 4.78 is 13.1. The van der Waals surface area contributed by atoms with Crippen LogP contribution in [0.2, 0.25) is 0 Å². The summed E-state index contributed by atoms with van der Waals surface area (Å²) in [5.74, 6) is 0. The van der Waals surface area contributed by atoms with E-state index in [1.54, 1.807) is 0 Å². The van der Waals surface area contributed by atoms with Crippen molar-refractivity contribution in [3.8, 4) is 33.4 Å². The van der Waals surface area contributed by atoms with Crippen LogP contribution < -0.4 is 4.90 Å². The van der Waals surface area contributed by atoms with Gasteiger partial charge in [0.1, 0.15) is 16.7 Å². The van der Waals surface area contributed by atoms with Crippen LogP contribution in [0.3, 0.4) is 0 Å². The highest BCUT2D eigenvalue weighted by atomic mass is 16.3. The Labute approximate surface area is 317 Å². The topological polar surface area (TPSA) is 29.5 Å². The summed E-state index contributed by atoms with van der Waals surface area (Å²) in [6.45, 7) is 0. The molecule has 258 valence electrons. The summed E-state index contributed by atoms with van der Waals surface area (Å²) in [7, 11) is 0. The highest BCUT2D eigenvalue weighted by molar-refractivity contribution is 6.12. The van der Waals surface area contributed by atoms with Crippen LogP contribution in [-0.2, 0) is 0 Å². The molecule has 55 heavy (non-hydrogen) atoms. The van der Waals surface area contributed by atoms with Crippen LogP contribution in [0.15, 0.2) is 209 Å². The lowest BCUT2D eigenvalue weighted by Gasteiger charge is -2.28. The minimum atomic E-state index is 0.846. The number of rotatable bonds is 6. The third kappa shape index (κ3) is 5.13. The fraction of sp³-hybridized carbons (Fsp3) is 0. The molecule has 3 nitrogen and oxygen atoms in total. The normalized spacial score (nSPS) is 11.6. The van der Waals surface area contributed by atoms with Crippen LogP contribution in [0.5, 0.6) is 0 Å². The molecule has 0 atom stereocenters. The van der Waals surface area contributed by atoms with Crippen molar-refractivity contribution in [3.05, 3.63) is 200 Å². The Kier molecular flexibility index (Phi) is 7.17. The van der Waals surface area contributed by atoms with E-state index in [0.717, 1.165) is 83.2 Å². The SMILES string of the molecule is c1cc(-c2ccccc2N(c2ccc(-c3cccc4c3oc3ccccc34)cc2)c2cccc3c2oc2ccccc23)cc(-c2cccc3ccccc23)c1. The predicted octanol–water partition coefficient (Wildman–Crippen LogP) is 15.1. The number of hydrogen-bond acceptors (Lipinski definition) is 3. The monoisotopic (exact) mass is 703 g/mol. The van der Waals surface area contributed by atoms with E-state index >= 15 is 0 Å². The van der Waals surface area contributed by atoms with E-state index in [9.17, 15) is 0 Å². The number of hydrogen-bond donors (Lipinski definition) is 0. The third-order valence-corrected chi connectivity index (χ3v) is 10.9. The molecule has 0 saturated heterocycles. The van der Waals surface area contributed by atoms with E-state index in [1.807, 2.05) is 24.3 Å². The second-order valence-electron chi connectivity index (χ2n) is 14.0. The van der Waals surface area contributed by atoms with Crippen LogP contribution in [0, 0.1) is 0 Å². The second-order valence-corrected chi connectivity index (χ2v) is 14.0. The quantitative estimate of drug-likeness (QED) is 0.173. The van der Waals surface area contributed by atoms with Crippen molar-refractivity contribution in [2.75, 3.05) is 4.90 Å². The van der Waals surface area contributed by atoms with Crippen LogP contribution in [0.1, 0.15) is 0 Å². The van der Waals surface area contributed by atoms with Crippen LogP contribution in [0.4, 0.5) is 17.1 Å². The Hall–Kier alpha value is -7.36. The van der Waals surface area contributed by atoms with E-state index < -0.39 is 0 Å². The molecule has 9 aromatic carbocycles. The summed E-state index contributed by atoms with van der Waals surface area (Å²) in [5.41, 5.74) is 13.4. The van der Waals surface area contributed by atoms with Gasteiger partial charge in [-0.25, -0.2) is 0 Å². The van der Waals surface area contributed by atoms with Gasteiger partial charge in [0.2, 0.25) is 0 Å². The molecule has 0 bridgehead atoms.